The molecule has 0 heterocycles. The largest absolute Gasteiger partial charge is 0.461 e. The molecular weight excluding hydrogens is 377 g/mol. The summed E-state index contributed by atoms with van der Waals surface area (Å²) in [6.45, 7) is -0.0350. The van der Waals surface area contributed by atoms with E-state index in [4.69, 9.17) is 10.5 Å². The Morgan fingerprint density at radius 1 is 1.04 bits per heavy atom. The van der Waals surface area contributed by atoms with Gasteiger partial charge in [0.2, 0.25) is 5.91 Å². The number of benzene rings is 2. The van der Waals surface area contributed by atoms with Crippen molar-refractivity contribution < 1.29 is 32.3 Å². The zero-order valence-electron chi connectivity index (χ0n) is 14.5. The molecule has 2 rings (SSSR count). The standard InChI is InChI=1S/C19H17F3N2O4/c20-19(21,22)14-8-4-7-13(9-14)18(27)24-15(17(23)26)10-16(25)28-11-12-5-2-1-3-6-12/h1-9,15H,10-11H2,(H2,23,26)(H,24,27)/t15-/m0/s1. The fourth-order valence-electron chi connectivity index (χ4n) is 2.26. The van der Waals surface area contributed by atoms with Gasteiger partial charge in [0, 0.05) is 5.56 Å². The predicted octanol–water partition coefficient (Wildman–Crippen LogP) is 2.42. The Morgan fingerprint density at radius 2 is 1.71 bits per heavy atom. The molecule has 0 unspecified atom stereocenters. The van der Waals surface area contributed by atoms with Gasteiger partial charge in [-0.2, -0.15) is 13.2 Å². The summed E-state index contributed by atoms with van der Waals surface area (Å²) >= 11 is 0. The van der Waals surface area contributed by atoms with Crippen molar-refractivity contribution in [2.75, 3.05) is 0 Å². The number of nitrogens with two attached hydrogens (primary N) is 1. The first-order chi connectivity index (χ1) is 13.2. The molecule has 28 heavy (non-hydrogen) atoms. The number of carbonyl (C=O) groups is 3. The number of nitrogens with one attached hydrogen (secondary N) is 1. The number of hydrogen-bond acceptors (Lipinski definition) is 4. The van der Waals surface area contributed by atoms with Crippen LogP contribution in [-0.2, 0) is 27.1 Å². The van der Waals surface area contributed by atoms with Gasteiger partial charge < -0.3 is 15.8 Å². The van der Waals surface area contributed by atoms with Crippen LogP contribution in [0.5, 0.6) is 0 Å². The highest BCUT2D eigenvalue weighted by atomic mass is 19.4. The van der Waals surface area contributed by atoms with Gasteiger partial charge in [-0.15, -0.1) is 0 Å². The highest BCUT2D eigenvalue weighted by Crippen LogP contribution is 2.29. The summed E-state index contributed by atoms with van der Waals surface area (Å²) in [6, 6.07) is 11.0. The van der Waals surface area contributed by atoms with E-state index in [1.54, 1.807) is 30.3 Å². The van der Waals surface area contributed by atoms with Crippen molar-refractivity contribution in [1.82, 2.24) is 5.32 Å². The van der Waals surface area contributed by atoms with Crippen molar-refractivity contribution in [1.29, 1.82) is 0 Å². The number of primary amides is 1. The third-order valence-electron chi connectivity index (χ3n) is 3.71. The van der Waals surface area contributed by atoms with Gasteiger partial charge >= 0.3 is 12.1 Å². The van der Waals surface area contributed by atoms with Crippen molar-refractivity contribution in [2.24, 2.45) is 5.73 Å². The molecule has 6 nitrogen and oxygen atoms in total. The number of amides is 2. The highest BCUT2D eigenvalue weighted by Gasteiger charge is 2.31. The average Bonchev–Trinajstić information content (AvgIpc) is 2.66. The SMILES string of the molecule is NC(=O)[C@H](CC(=O)OCc1ccccc1)NC(=O)c1cccc(C(F)(F)F)c1. The van der Waals surface area contributed by atoms with Gasteiger partial charge in [0.1, 0.15) is 12.6 Å². The smallest absolute Gasteiger partial charge is 0.416 e. The van der Waals surface area contributed by atoms with Crippen molar-refractivity contribution in [2.45, 2.75) is 25.2 Å². The summed E-state index contributed by atoms with van der Waals surface area (Å²) in [7, 11) is 0. The lowest BCUT2D eigenvalue weighted by molar-refractivity contribution is -0.146. The Hall–Kier alpha value is -3.36. The minimum Gasteiger partial charge on any atom is -0.461 e. The number of rotatable bonds is 7. The van der Waals surface area contributed by atoms with Crippen LogP contribution in [-0.4, -0.2) is 23.8 Å². The molecular formula is C19H17F3N2O4. The lowest BCUT2D eigenvalue weighted by Crippen LogP contribution is -2.46. The summed E-state index contributed by atoms with van der Waals surface area (Å²) in [5.74, 6) is -2.78. The Kier molecular flexibility index (Phi) is 6.75. The van der Waals surface area contributed by atoms with E-state index in [0.29, 0.717) is 6.07 Å². The van der Waals surface area contributed by atoms with Gasteiger partial charge in [-0.3, -0.25) is 14.4 Å². The lowest BCUT2D eigenvalue weighted by atomic mass is 10.1. The third kappa shape index (κ3) is 6.11. The van der Waals surface area contributed by atoms with E-state index in [2.05, 4.69) is 5.32 Å². The van der Waals surface area contributed by atoms with Crippen molar-refractivity contribution >= 4 is 17.8 Å². The summed E-state index contributed by atoms with van der Waals surface area (Å²) in [4.78, 5) is 35.6. The van der Waals surface area contributed by atoms with Crippen LogP contribution >= 0.6 is 0 Å². The minimum absolute atomic E-state index is 0.0350. The maximum Gasteiger partial charge on any atom is 0.416 e. The molecule has 0 aliphatic carbocycles. The molecule has 0 aromatic heterocycles. The van der Waals surface area contributed by atoms with Crippen LogP contribution in [0, 0.1) is 0 Å². The van der Waals surface area contributed by atoms with Gasteiger partial charge in [-0.05, 0) is 23.8 Å². The van der Waals surface area contributed by atoms with Gasteiger partial charge in [0.05, 0.1) is 12.0 Å². The molecule has 2 aromatic rings. The first-order valence-electron chi connectivity index (χ1n) is 8.14. The highest BCUT2D eigenvalue weighted by molar-refractivity contribution is 5.98. The van der Waals surface area contributed by atoms with E-state index in [9.17, 15) is 27.6 Å². The van der Waals surface area contributed by atoms with Gasteiger partial charge in [0.25, 0.3) is 5.91 Å². The van der Waals surface area contributed by atoms with Crippen LogP contribution in [0.15, 0.2) is 54.6 Å². The molecule has 9 heteroatoms. The molecule has 3 N–H and O–H groups in total. The molecule has 0 aliphatic heterocycles. The number of esters is 1. The Balaban J connectivity index is 1.99. The molecule has 1 atom stereocenters. The van der Waals surface area contributed by atoms with Crippen LogP contribution in [0.2, 0.25) is 0 Å². The number of carbonyl (C=O) groups excluding carboxylic acids is 3. The molecule has 0 aliphatic rings. The van der Waals surface area contributed by atoms with Gasteiger partial charge in [0.15, 0.2) is 0 Å². The zero-order valence-corrected chi connectivity index (χ0v) is 14.5. The Labute approximate surface area is 158 Å². The quantitative estimate of drug-likeness (QED) is 0.705. The summed E-state index contributed by atoms with van der Waals surface area (Å²) < 4.78 is 43.3. The lowest BCUT2D eigenvalue weighted by Gasteiger charge is -2.15. The average molecular weight is 394 g/mol. The summed E-state index contributed by atoms with van der Waals surface area (Å²) in [5, 5.41) is 2.16. The monoisotopic (exact) mass is 394 g/mol. The van der Waals surface area contributed by atoms with Crippen molar-refractivity contribution in [3.8, 4) is 0 Å². The zero-order chi connectivity index (χ0) is 20.7. The Morgan fingerprint density at radius 3 is 2.32 bits per heavy atom. The third-order valence-corrected chi connectivity index (χ3v) is 3.71. The van der Waals surface area contributed by atoms with Crippen LogP contribution in [0.4, 0.5) is 13.2 Å². The number of alkyl halides is 3. The van der Waals surface area contributed by atoms with E-state index >= 15 is 0 Å². The first-order valence-corrected chi connectivity index (χ1v) is 8.14. The molecule has 0 fully saturated rings. The molecule has 2 amide bonds. The van der Waals surface area contributed by atoms with E-state index in [-0.39, 0.29) is 12.2 Å². The number of halogens is 3. The maximum atomic E-state index is 12.8. The molecule has 0 bridgehead atoms. The minimum atomic E-state index is -4.62. The second-order valence-electron chi connectivity index (χ2n) is 5.86. The van der Waals surface area contributed by atoms with Crippen LogP contribution in [0.1, 0.15) is 27.9 Å². The Bertz CT molecular complexity index is 854. The number of hydrogen-bond donors (Lipinski definition) is 2. The van der Waals surface area contributed by atoms with E-state index in [1.165, 1.54) is 0 Å². The molecule has 0 spiro atoms. The van der Waals surface area contributed by atoms with Crippen molar-refractivity contribution in [3.63, 3.8) is 0 Å². The number of ether oxygens (including phenoxy) is 1. The van der Waals surface area contributed by atoms with E-state index in [0.717, 1.165) is 23.8 Å². The molecule has 0 radical (unpaired) electrons. The molecule has 0 saturated heterocycles. The maximum absolute atomic E-state index is 12.8. The van der Waals surface area contributed by atoms with E-state index < -0.39 is 42.0 Å². The first kappa shape index (κ1) is 20.9. The van der Waals surface area contributed by atoms with Gasteiger partial charge in [-0.25, -0.2) is 0 Å². The van der Waals surface area contributed by atoms with Crippen LogP contribution < -0.4 is 11.1 Å². The van der Waals surface area contributed by atoms with Crippen LogP contribution in [0.25, 0.3) is 0 Å². The fraction of sp³-hybridized carbons (Fsp3) is 0.211. The second-order valence-corrected chi connectivity index (χ2v) is 5.86. The topological polar surface area (TPSA) is 98.5 Å². The van der Waals surface area contributed by atoms with Gasteiger partial charge in [-0.1, -0.05) is 36.4 Å². The normalized spacial score (nSPS) is 12.1. The van der Waals surface area contributed by atoms with Crippen LogP contribution in [0.3, 0.4) is 0 Å². The molecule has 148 valence electrons. The van der Waals surface area contributed by atoms with E-state index in [1.807, 2.05) is 0 Å². The summed E-state index contributed by atoms with van der Waals surface area (Å²) in [5.41, 5.74) is 4.56. The second kappa shape index (κ2) is 9.03. The van der Waals surface area contributed by atoms with Crippen molar-refractivity contribution in [3.05, 3.63) is 71.3 Å². The fourth-order valence-corrected chi connectivity index (χ4v) is 2.26. The predicted molar refractivity (Wildman–Crippen MR) is 92.7 cm³/mol. The molecule has 2 aromatic carbocycles. The summed E-state index contributed by atoms with van der Waals surface area (Å²) in [6.07, 6.45) is -5.17. The molecule has 0 saturated carbocycles.